The number of nitrogens with zero attached hydrogens (tertiary/aromatic N) is 4. The first-order valence-electron chi connectivity index (χ1n) is 8.93. The highest BCUT2D eigenvalue weighted by Crippen LogP contribution is 2.36. The number of anilines is 3. The van der Waals surface area contributed by atoms with Gasteiger partial charge in [-0.1, -0.05) is 6.07 Å². The molecule has 134 valence electrons. The fraction of sp³-hybridized carbons (Fsp3) is 0.316. The number of aromatic nitrogens is 3. The number of carbonyl (C=O) groups is 1. The van der Waals surface area contributed by atoms with Gasteiger partial charge in [0.25, 0.3) is 5.91 Å². The summed E-state index contributed by atoms with van der Waals surface area (Å²) in [6, 6.07) is 7.72. The molecule has 7 heteroatoms. The van der Waals surface area contributed by atoms with Crippen LogP contribution in [-0.4, -0.2) is 40.6 Å². The summed E-state index contributed by atoms with van der Waals surface area (Å²) in [4.78, 5) is 19.5. The Morgan fingerprint density at radius 2 is 1.92 bits per heavy atom. The van der Waals surface area contributed by atoms with Crippen molar-refractivity contribution in [1.82, 2.24) is 14.6 Å². The van der Waals surface area contributed by atoms with Crippen molar-refractivity contribution in [1.29, 1.82) is 0 Å². The predicted octanol–water partition coefficient (Wildman–Crippen LogP) is 3.01. The first kappa shape index (κ1) is 16.4. The summed E-state index contributed by atoms with van der Waals surface area (Å²) in [5.41, 5.74) is 3.88. The summed E-state index contributed by atoms with van der Waals surface area (Å²) in [6.07, 6.45) is 8.59. The normalized spacial score (nSPS) is 14.4. The van der Waals surface area contributed by atoms with Crippen LogP contribution >= 0.6 is 0 Å². The minimum absolute atomic E-state index is 0.204. The SMILES string of the molecule is CNc1cccc(NC(=O)c2cnn3cccnc23)c1N1CCCCC1. The molecule has 0 spiro atoms. The van der Waals surface area contributed by atoms with Crippen molar-refractivity contribution in [3.63, 3.8) is 0 Å². The van der Waals surface area contributed by atoms with E-state index >= 15 is 0 Å². The van der Waals surface area contributed by atoms with Gasteiger partial charge in [-0.2, -0.15) is 5.10 Å². The smallest absolute Gasteiger partial charge is 0.261 e. The third-order valence-corrected chi connectivity index (χ3v) is 4.75. The number of benzene rings is 1. The van der Waals surface area contributed by atoms with Gasteiger partial charge in [-0.25, -0.2) is 9.50 Å². The number of rotatable bonds is 4. The average Bonchev–Trinajstić information content (AvgIpc) is 3.12. The van der Waals surface area contributed by atoms with Crippen molar-refractivity contribution in [2.75, 3.05) is 35.7 Å². The van der Waals surface area contributed by atoms with Crippen molar-refractivity contribution >= 4 is 28.6 Å². The van der Waals surface area contributed by atoms with Crippen LogP contribution in [0.1, 0.15) is 29.6 Å². The molecule has 2 N–H and O–H groups in total. The molecule has 0 unspecified atom stereocenters. The second-order valence-corrected chi connectivity index (χ2v) is 6.40. The Balaban J connectivity index is 1.68. The van der Waals surface area contributed by atoms with Gasteiger partial charge >= 0.3 is 0 Å². The largest absolute Gasteiger partial charge is 0.386 e. The third-order valence-electron chi connectivity index (χ3n) is 4.75. The van der Waals surface area contributed by atoms with Crippen molar-refractivity contribution in [3.8, 4) is 0 Å². The summed E-state index contributed by atoms with van der Waals surface area (Å²) in [5, 5.41) is 10.5. The number of hydrogen-bond acceptors (Lipinski definition) is 5. The molecule has 1 fully saturated rings. The standard InChI is InChI=1S/C19H22N6O/c1-20-15-7-5-8-16(17(15)24-10-3-2-4-11-24)23-19(26)14-13-22-25-12-6-9-21-18(14)25/h5-9,12-13,20H,2-4,10-11H2,1H3,(H,23,26). The minimum atomic E-state index is -0.204. The van der Waals surface area contributed by atoms with E-state index in [1.165, 1.54) is 19.3 Å². The van der Waals surface area contributed by atoms with E-state index in [9.17, 15) is 4.79 Å². The molecular formula is C19H22N6O. The van der Waals surface area contributed by atoms with Crippen LogP contribution in [0.25, 0.3) is 5.65 Å². The highest BCUT2D eigenvalue weighted by atomic mass is 16.1. The Hall–Kier alpha value is -3.09. The van der Waals surface area contributed by atoms with Crippen LogP contribution in [0.3, 0.4) is 0 Å². The molecule has 1 aliphatic heterocycles. The second-order valence-electron chi connectivity index (χ2n) is 6.40. The van der Waals surface area contributed by atoms with Gasteiger partial charge in [0.1, 0.15) is 5.56 Å². The van der Waals surface area contributed by atoms with Crippen LogP contribution in [0.4, 0.5) is 17.1 Å². The van der Waals surface area contributed by atoms with E-state index in [1.54, 1.807) is 29.2 Å². The van der Waals surface area contributed by atoms with Gasteiger partial charge < -0.3 is 15.5 Å². The lowest BCUT2D eigenvalue weighted by molar-refractivity contribution is 0.102. The first-order chi connectivity index (χ1) is 12.8. The highest BCUT2D eigenvalue weighted by molar-refractivity contribution is 6.10. The molecule has 0 atom stereocenters. The second kappa shape index (κ2) is 7.03. The van der Waals surface area contributed by atoms with Gasteiger partial charge in [0, 0.05) is 32.5 Å². The third kappa shape index (κ3) is 2.96. The fourth-order valence-electron chi connectivity index (χ4n) is 3.48. The van der Waals surface area contributed by atoms with Gasteiger partial charge in [0.15, 0.2) is 5.65 Å². The molecule has 1 aromatic carbocycles. The lowest BCUT2D eigenvalue weighted by Crippen LogP contribution is -2.31. The lowest BCUT2D eigenvalue weighted by atomic mass is 10.1. The molecule has 1 aliphatic rings. The number of piperidine rings is 1. The Morgan fingerprint density at radius 1 is 1.12 bits per heavy atom. The summed E-state index contributed by atoms with van der Waals surface area (Å²) in [5.74, 6) is -0.204. The van der Waals surface area contributed by atoms with Gasteiger partial charge in [0.05, 0.1) is 23.3 Å². The molecule has 3 aromatic rings. The summed E-state index contributed by atoms with van der Waals surface area (Å²) >= 11 is 0. The number of fused-ring (bicyclic) bond motifs is 1. The maximum atomic E-state index is 12.9. The van der Waals surface area contributed by atoms with Crippen LogP contribution in [-0.2, 0) is 0 Å². The number of hydrogen-bond donors (Lipinski definition) is 2. The van der Waals surface area contributed by atoms with E-state index < -0.39 is 0 Å². The molecule has 2 aromatic heterocycles. The van der Waals surface area contributed by atoms with E-state index in [2.05, 4.69) is 25.6 Å². The molecule has 0 aliphatic carbocycles. The van der Waals surface area contributed by atoms with Crippen molar-refractivity contribution in [2.45, 2.75) is 19.3 Å². The molecule has 0 saturated carbocycles. The maximum Gasteiger partial charge on any atom is 0.261 e. The molecule has 7 nitrogen and oxygen atoms in total. The summed E-state index contributed by atoms with van der Waals surface area (Å²) < 4.78 is 1.60. The van der Waals surface area contributed by atoms with Gasteiger partial charge in [-0.05, 0) is 37.5 Å². The minimum Gasteiger partial charge on any atom is -0.386 e. The Labute approximate surface area is 152 Å². The van der Waals surface area contributed by atoms with Crippen LogP contribution in [0.2, 0.25) is 0 Å². The van der Waals surface area contributed by atoms with Crippen molar-refractivity contribution in [3.05, 3.63) is 48.4 Å². The highest BCUT2D eigenvalue weighted by Gasteiger charge is 2.21. The lowest BCUT2D eigenvalue weighted by Gasteiger charge is -2.32. The summed E-state index contributed by atoms with van der Waals surface area (Å²) in [7, 11) is 1.91. The van der Waals surface area contributed by atoms with Crippen molar-refractivity contribution in [2.24, 2.45) is 0 Å². The van der Waals surface area contributed by atoms with Crippen molar-refractivity contribution < 1.29 is 4.79 Å². The monoisotopic (exact) mass is 350 g/mol. The number of carbonyl (C=O) groups excluding carboxylic acids is 1. The fourth-order valence-corrected chi connectivity index (χ4v) is 3.48. The van der Waals surface area contributed by atoms with Crippen LogP contribution in [0, 0.1) is 0 Å². The van der Waals surface area contributed by atoms with Gasteiger partial charge in [-0.3, -0.25) is 4.79 Å². The predicted molar refractivity (Wildman–Crippen MR) is 103 cm³/mol. The van der Waals surface area contributed by atoms with Crippen LogP contribution in [0.5, 0.6) is 0 Å². The zero-order valence-electron chi connectivity index (χ0n) is 14.8. The zero-order valence-corrected chi connectivity index (χ0v) is 14.8. The van der Waals surface area contributed by atoms with E-state index in [-0.39, 0.29) is 5.91 Å². The molecule has 26 heavy (non-hydrogen) atoms. The molecule has 1 amide bonds. The number of para-hydroxylation sites is 1. The molecule has 0 radical (unpaired) electrons. The van der Waals surface area contributed by atoms with E-state index in [4.69, 9.17) is 0 Å². The Morgan fingerprint density at radius 3 is 2.73 bits per heavy atom. The van der Waals surface area contributed by atoms with E-state index in [0.29, 0.717) is 11.2 Å². The quantitative estimate of drug-likeness (QED) is 0.757. The van der Waals surface area contributed by atoms with Gasteiger partial charge in [-0.15, -0.1) is 0 Å². The number of amides is 1. The molecule has 0 bridgehead atoms. The van der Waals surface area contributed by atoms with E-state index in [0.717, 1.165) is 30.2 Å². The first-order valence-corrected chi connectivity index (χ1v) is 8.93. The van der Waals surface area contributed by atoms with E-state index in [1.807, 2.05) is 25.2 Å². The maximum absolute atomic E-state index is 12.9. The Kier molecular flexibility index (Phi) is 4.43. The van der Waals surface area contributed by atoms with Gasteiger partial charge in [0.2, 0.25) is 0 Å². The molecule has 4 rings (SSSR count). The molecule has 3 heterocycles. The summed E-state index contributed by atoms with van der Waals surface area (Å²) in [6.45, 7) is 2.00. The molecular weight excluding hydrogens is 328 g/mol. The Bertz CT molecular complexity index is 929. The zero-order chi connectivity index (χ0) is 17.9. The molecule has 1 saturated heterocycles. The number of nitrogens with one attached hydrogen (secondary N) is 2. The van der Waals surface area contributed by atoms with Crippen LogP contribution < -0.4 is 15.5 Å². The average molecular weight is 350 g/mol. The topological polar surface area (TPSA) is 74.6 Å². The van der Waals surface area contributed by atoms with Crippen LogP contribution in [0.15, 0.2) is 42.9 Å².